The first-order valence-corrected chi connectivity index (χ1v) is 6.26. The van der Waals surface area contributed by atoms with Crippen molar-refractivity contribution in [3.05, 3.63) is 17.7 Å². The fraction of sp³-hybridized carbons (Fsp3) is 0.583. The summed E-state index contributed by atoms with van der Waals surface area (Å²) in [5.74, 6) is -2.42. The van der Waals surface area contributed by atoms with Gasteiger partial charge in [0.05, 0.1) is 6.54 Å². The smallest absolute Gasteiger partial charge is 0.347 e. The Morgan fingerprint density at radius 3 is 2.38 bits per heavy atom. The molecule has 6 nitrogen and oxygen atoms in total. The van der Waals surface area contributed by atoms with Crippen LogP contribution in [0.15, 0.2) is 6.20 Å². The molecule has 0 aliphatic rings. The van der Waals surface area contributed by atoms with E-state index in [1.54, 1.807) is 11.5 Å². The first-order valence-electron chi connectivity index (χ1n) is 6.26. The van der Waals surface area contributed by atoms with Crippen LogP contribution in [0, 0.1) is 0 Å². The Labute approximate surface area is 119 Å². The van der Waals surface area contributed by atoms with Crippen LogP contribution in [0.3, 0.4) is 0 Å². The summed E-state index contributed by atoms with van der Waals surface area (Å²) in [6.45, 7) is 4.33. The number of halogens is 3. The molecular weight excluding hydrogens is 289 g/mol. The minimum atomic E-state index is -5.03. The molecule has 3 N–H and O–H groups in total. The van der Waals surface area contributed by atoms with Crippen molar-refractivity contribution in [3.8, 4) is 0 Å². The van der Waals surface area contributed by atoms with Crippen LogP contribution in [-0.4, -0.2) is 33.5 Å². The third kappa shape index (κ3) is 4.76. The number of imidazole rings is 1. The van der Waals surface area contributed by atoms with E-state index in [9.17, 15) is 22.8 Å². The Bertz CT molecular complexity index is 523. The van der Waals surface area contributed by atoms with Crippen molar-refractivity contribution in [3.63, 3.8) is 0 Å². The largest absolute Gasteiger partial charge is 0.471 e. The Morgan fingerprint density at radius 2 is 1.90 bits per heavy atom. The third-order valence-corrected chi connectivity index (χ3v) is 2.73. The normalized spacial score (nSPS) is 12.1. The van der Waals surface area contributed by atoms with Crippen molar-refractivity contribution in [2.24, 2.45) is 0 Å². The van der Waals surface area contributed by atoms with Crippen molar-refractivity contribution < 1.29 is 22.8 Å². The van der Waals surface area contributed by atoms with Gasteiger partial charge in [-0.1, -0.05) is 6.92 Å². The maximum Gasteiger partial charge on any atom is 0.471 e. The highest BCUT2D eigenvalue weighted by molar-refractivity contribution is 5.92. The van der Waals surface area contributed by atoms with Gasteiger partial charge in [-0.15, -0.1) is 0 Å². The van der Waals surface area contributed by atoms with E-state index in [-0.39, 0.29) is 6.54 Å². The van der Waals surface area contributed by atoms with Crippen molar-refractivity contribution >= 4 is 11.8 Å². The predicted molar refractivity (Wildman–Crippen MR) is 68.1 cm³/mol. The van der Waals surface area contributed by atoms with E-state index in [4.69, 9.17) is 0 Å². The number of H-pyrrole nitrogens is 1. The van der Waals surface area contributed by atoms with Crippen LogP contribution in [0.2, 0.25) is 0 Å². The topological polar surface area (TPSA) is 86.9 Å². The lowest BCUT2D eigenvalue weighted by Crippen LogP contribution is -2.57. The highest BCUT2D eigenvalue weighted by atomic mass is 19.4. The van der Waals surface area contributed by atoms with E-state index in [1.807, 2.05) is 6.92 Å². The molecule has 0 aromatic carbocycles. The number of alkyl halides is 3. The molecule has 0 atom stereocenters. The number of rotatable bonds is 5. The molecule has 9 heteroatoms. The van der Waals surface area contributed by atoms with Crippen LogP contribution in [0.1, 0.15) is 32.3 Å². The number of hydrogen-bond donors (Lipinski definition) is 3. The quantitative estimate of drug-likeness (QED) is 0.760. The molecule has 1 heterocycles. The van der Waals surface area contributed by atoms with Gasteiger partial charge in [-0.2, -0.15) is 13.2 Å². The molecule has 1 aromatic rings. The summed E-state index contributed by atoms with van der Waals surface area (Å²) >= 11 is 0. The number of carbonyl (C=O) groups excluding carboxylic acids is 2. The number of aromatic nitrogens is 2. The summed E-state index contributed by atoms with van der Waals surface area (Å²) in [6, 6.07) is 0. The summed E-state index contributed by atoms with van der Waals surface area (Å²) in [4.78, 5) is 29.7. The van der Waals surface area contributed by atoms with Gasteiger partial charge in [-0.3, -0.25) is 9.59 Å². The average Bonchev–Trinajstić information content (AvgIpc) is 2.82. The Morgan fingerprint density at radius 1 is 1.29 bits per heavy atom. The number of amides is 2. The Kier molecular flexibility index (Phi) is 4.97. The molecule has 0 radical (unpaired) electrons. The summed E-state index contributed by atoms with van der Waals surface area (Å²) in [7, 11) is 0. The number of nitrogens with one attached hydrogen (secondary N) is 3. The number of aryl methyl sites for hydroxylation is 1. The lowest BCUT2D eigenvalue weighted by molar-refractivity contribution is -0.176. The van der Waals surface area contributed by atoms with Gasteiger partial charge in [0.1, 0.15) is 11.4 Å². The fourth-order valence-electron chi connectivity index (χ4n) is 1.47. The molecular formula is C12H17F3N4O2. The molecule has 0 fully saturated rings. The third-order valence-electron chi connectivity index (χ3n) is 2.73. The monoisotopic (exact) mass is 306 g/mol. The zero-order valence-corrected chi connectivity index (χ0v) is 11.9. The van der Waals surface area contributed by atoms with Gasteiger partial charge in [0.15, 0.2) is 0 Å². The van der Waals surface area contributed by atoms with Gasteiger partial charge in [0.2, 0.25) is 5.91 Å². The van der Waals surface area contributed by atoms with Gasteiger partial charge < -0.3 is 15.6 Å². The molecule has 0 saturated heterocycles. The average molecular weight is 306 g/mol. The second kappa shape index (κ2) is 6.15. The number of hydrogen-bond acceptors (Lipinski definition) is 3. The van der Waals surface area contributed by atoms with Gasteiger partial charge in [-0.25, -0.2) is 4.98 Å². The van der Waals surface area contributed by atoms with E-state index >= 15 is 0 Å². The van der Waals surface area contributed by atoms with Crippen LogP contribution >= 0.6 is 0 Å². The SMILES string of the molecule is CCc1cnc(CNC(=O)C(C)(C)NC(=O)C(F)(F)F)[nH]1. The van der Waals surface area contributed by atoms with Crippen LogP contribution in [-0.2, 0) is 22.6 Å². The van der Waals surface area contributed by atoms with E-state index in [1.165, 1.54) is 13.8 Å². The van der Waals surface area contributed by atoms with Crippen molar-refractivity contribution in [2.75, 3.05) is 0 Å². The summed E-state index contributed by atoms with van der Waals surface area (Å²) in [6.07, 6.45) is -2.68. The number of carbonyl (C=O) groups is 2. The zero-order valence-electron chi connectivity index (χ0n) is 11.9. The highest BCUT2D eigenvalue weighted by Gasteiger charge is 2.43. The second-order valence-corrected chi connectivity index (χ2v) is 4.97. The maximum absolute atomic E-state index is 12.2. The Balaban J connectivity index is 2.58. The molecule has 1 rings (SSSR count). The number of nitrogens with zero attached hydrogens (tertiary/aromatic N) is 1. The van der Waals surface area contributed by atoms with Gasteiger partial charge in [-0.05, 0) is 20.3 Å². The molecule has 0 spiro atoms. The molecule has 2 amide bonds. The molecule has 0 unspecified atom stereocenters. The molecule has 0 bridgehead atoms. The standard InChI is InChI=1S/C12H17F3N4O2/c1-4-7-5-16-8(18-7)6-17-9(20)11(2,3)19-10(21)12(13,14)15/h5H,4,6H2,1-3H3,(H,16,18)(H,17,20)(H,19,21). The first kappa shape index (κ1) is 17.0. The van der Waals surface area contributed by atoms with Crippen LogP contribution in [0.5, 0.6) is 0 Å². The van der Waals surface area contributed by atoms with E-state index in [0.717, 1.165) is 12.1 Å². The zero-order chi connectivity index (χ0) is 16.3. The van der Waals surface area contributed by atoms with E-state index < -0.39 is 23.5 Å². The molecule has 0 saturated carbocycles. The molecule has 1 aromatic heterocycles. The maximum atomic E-state index is 12.2. The van der Waals surface area contributed by atoms with Crippen molar-refractivity contribution in [1.29, 1.82) is 0 Å². The van der Waals surface area contributed by atoms with Crippen LogP contribution in [0.25, 0.3) is 0 Å². The minimum absolute atomic E-state index is 0.0319. The molecule has 0 aliphatic carbocycles. The van der Waals surface area contributed by atoms with Gasteiger partial charge in [0, 0.05) is 11.9 Å². The van der Waals surface area contributed by atoms with Gasteiger partial charge in [0.25, 0.3) is 0 Å². The summed E-state index contributed by atoms with van der Waals surface area (Å²) in [5, 5.41) is 4.06. The second-order valence-electron chi connectivity index (χ2n) is 4.97. The lowest BCUT2D eigenvalue weighted by Gasteiger charge is -2.25. The van der Waals surface area contributed by atoms with Crippen LogP contribution in [0.4, 0.5) is 13.2 Å². The van der Waals surface area contributed by atoms with Crippen LogP contribution < -0.4 is 10.6 Å². The molecule has 118 valence electrons. The van der Waals surface area contributed by atoms with E-state index in [0.29, 0.717) is 5.82 Å². The van der Waals surface area contributed by atoms with Crippen molar-refractivity contribution in [1.82, 2.24) is 20.6 Å². The first-order chi connectivity index (χ1) is 9.56. The number of aromatic amines is 1. The minimum Gasteiger partial charge on any atom is -0.347 e. The lowest BCUT2D eigenvalue weighted by atomic mass is 10.0. The van der Waals surface area contributed by atoms with E-state index in [2.05, 4.69) is 15.3 Å². The fourth-order valence-corrected chi connectivity index (χ4v) is 1.47. The molecule has 0 aliphatic heterocycles. The molecule has 21 heavy (non-hydrogen) atoms. The highest BCUT2D eigenvalue weighted by Crippen LogP contribution is 2.16. The summed E-state index contributed by atoms with van der Waals surface area (Å²) in [5.41, 5.74) is -0.809. The Hall–Kier alpha value is -2.06. The summed E-state index contributed by atoms with van der Waals surface area (Å²) < 4.78 is 36.5. The van der Waals surface area contributed by atoms with Crippen molar-refractivity contribution in [2.45, 2.75) is 45.5 Å². The van der Waals surface area contributed by atoms with Gasteiger partial charge >= 0.3 is 12.1 Å². The predicted octanol–water partition coefficient (Wildman–Crippen LogP) is 1.05.